The van der Waals surface area contributed by atoms with E-state index in [4.69, 9.17) is 0 Å². The zero-order valence-corrected chi connectivity index (χ0v) is 14.1. The lowest BCUT2D eigenvalue weighted by molar-refractivity contribution is 0.0600. The van der Waals surface area contributed by atoms with Gasteiger partial charge in [0.05, 0.1) is 17.6 Å². The summed E-state index contributed by atoms with van der Waals surface area (Å²) in [5, 5.41) is 0. The molecule has 2 aromatic carbocycles. The fourth-order valence-electron chi connectivity index (χ4n) is 1.77. The summed E-state index contributed by atoms with van der Waals surface area (Å²) in [5.41, 5.74) is 1.16. The number of carbonyl (C=O) groups is 1. The van der Waals surface area contributed by atoms with Crippen molar-refractivity contribution < 1.29 is 17.9 Å². The van der Waals surface area contributed by atoms with E-state index in [-0.39, 0.29) is 11.4 Å². The molecule has 1 N–H and O–H groups in total. The van der Waals surface area contributed by atoms with E-state index in [9.17, 15) is 13.2 Å². The molecule has 2 rings (SSSR count). The fraction of sp³-hybridized carbons (Fsp3) is 0.133. The van der Waals surface area contributed by atoms with Crippen LogP contribution in [0.4, 0.5) is 0 Å². The van der Waals surface area contributed by atoms with Crippen molar-refractivity contribution in [1.29, 1.82) is 0 Å². The molecule has 0 unspecified atom stereocenters. The molecule has 2 aromatic rings. The molecule has 0 bridgehead atoms. The number of benzene rings is 2. The van der Waals surface area contributed by atoms with Gasteiger partial charge in [-0.2, -0.15) is 0 Å². The van der Waals surface area contributed by atoms with E-state index in [1.807, 2.05) is 0 Å². The molecule has 22 heavy (non-hydrogen) atoms. The third kappa shape index (κ3) is 4.16. The average Bonchev–Trinajstić information content (AvgIpc) is 2.53. The first-order chi connectivity index (χ1) is 10.4. The van der Waals surface area contributed by atoms with Gasteiger partial charge in [0.25, 0.3) is 0 Å². The van der Waals surface area contributed by atoms with Gasteiger partial charge in [-0.15, -0.1) is 0 Å². The molecule has 0 atom stereocenters. The summed E-state index contributed by atoms with van der Waals surface area (Å²) in [6.45, 7) is 0.135. The van der Waals surface area contributed by atoms with Gasteiger partial charge in [0.1, 0.15) is 0 Å². The number of rotatable bonds is 5. The van der Waals surface area contributed by atoms with Crippen molar-refractivity contribution >= 4 is 31.9 Å². The van der Waals surface area contributed by atoms with E-state index in [1.165, 1.54) is 19.2 Å². The number of nitrogens with one attached hydrogen (secondary N) is 1. The number of carbonyl (C=O) groups excluding carboxylic acids is 1. The van der Waals surface area contributed by atoms with Gasteiger partial charge in [0, 0.05) is 11.0 Å². The minimum atomic E-state index is -3.58. The minimum Gasteiger partial charge on any atom is -0.465 e. The summed E-state index contributed by atoms with van der Waals surface area (Å²) in [4.78, 5) is 11.5. The summed E-state index contributed by atoms with van der Waals surface area (Å²) in [5.74, 6) is -0.429. The second-order valence-corrected chi connectivity index (χ2v) is 7.15. The number of halogens is 1. The Morgan fingerprint density at radius 3 is 2.45 bits per heavy atom. The second-order valence-electron chi connectivity index (χ2n) is 4.47. The van der Waals surface area contributed by atoms with Crippen molar-refractivity contribution in [2.75, 3.05) is 7.11 Å². The van der Waals surface area contributed by atoms with E-state index < -0.39 is 16.0 Å². The second kappa shape index (κ2) is 7.04. The lowest BCUT2D eigenvalue weighted by Crippen LogP contribution is -2.23. The maximum atomic E-state index is 12.2. The lowest BCUT2D eigenvalue weighted by atomic mass is 10.1. The molecule has 0 saturated heterocycles. The number of esters is 1. The number of hydrogen-bond donors (Lipinski definition) is 1. The van der Waals surface area contributed by atoms with Crippen LogP contribution in [0.2, 0.25) is 0 Å². The third-order valence-corrected chi connectivity index (χ3v) is 4.84. The van der Waals surface area contributed by atoms with Gasteiger partial charge in [-0.05, 0) is 35.9 Å². The Labute approximate surface area is 137 Å². The summed E-state index contributed by atoms with van der Waals surface area (Å²) in [7, 11) is -2.28. The normalized spacial score (nSPS) is 11.2. The largest absolute Gasteiger partial charge is 0.465 e. The highest BCUT2D eigenvalue weighted by Crippen LogP contribution is 2.16. The molecular formula is C15H14BrNO4S. The van der Waals surface area contributed by atoms with Crippen LogP contribution in [0.25, 0.3) is 0 Å². The summed E-state index contributed by atoms with van der Waals surface area (Å²) >= 11 is 3.24. The van der Waals surface area contributed by atoms with E-state index in [0.29, 0.717) is 10.0 Å². The maximum Gasteiger partial charge on any atom is 0.337 e. The standard InChI is InChI=1S/C15H14BrNO4S/c1-21-15(18)12-7-5-11(6-8-12)10-17-22(19,20)14-4-2-3-13(16)9-14/h2-9,17H,10H2,1H3. The molecule has 5 nitrogen and oxygen atoms in total. The molecular weight excluding hydrogens is 370 g/mol. The van der Waals surface area contributed by atoms with Crippen molar-refractivity contribution in [3.63, 3.8) is 0 Å². The fourth-order valence-corrected chi connectivity index (χ4v) is 3.39. The Bertz CT molecular complexity index is 772. The van der Waals surface area contributed by atoms with Crippen molar-refractivity contribution in [3.8, 4) is 0 Å². The molecule has 116 valence electrons. The van der Waals surface area contributed by atoms with Crippen LogP contribution in [-0.2, 0) is 21.3 Å². The summed E-state index contributed by atoms with van der Waals surface area (Å²) < 4.78 is 32.2. The number of hydrogen-bond acceptors (Lipinski definition) is 4. The van der Waals surface area contributed by atoms with Crippen LogP contribution in [0.3, 0.4) is 0 Å². The third-order valence-electron chi connectivity index (χ3n) is 2.95. The molecule has 0 heterocycles. The van der Waals surface area contributed by atoms with Crippen LogP contribution >= 0.6 is 15.9 Å². The van der Waals surface area contributed by atoms with Crippen LogP contribution in [0, 0.1) is 0 Å². The Morgan fingerprint density at radius 1 is 1.18 bits per heavy atom. The molecule has 0 amide bonds. The first-order valence-electron chi connectivity index (χ1n) is 6.35. The summed E-state index contributed by atoms with van der Waals surface area (Å²) in [6, 6.07) is 13.0. The highest BCUT2D eigenvalue weighted by Gasteiger charge is 2.14. The Balaban J connectivity index is 2.07. The van der Waals surface area contributed by atoms with Crippen molar-refractivity contribution in [1.82, 2.24) is 4.72 Å². The zero-order chi connectivity index (χ0) is 16.2. The van der Waals surface area contributed by atoms with Crippen LogP contribution in [0.1, 0.15) is 15.9 Å². The molecule has 0 fully saturated rings. The molecule has 0 aliphatic heterocycles. The quantitative estimate of drug-likeness (QED) is 0.805. The maximum absolute atomic E-state index is 12.2. The predicted octanol–water partition coefficient (Wildman–Crippen LogP) is 2.71. The Morgan fingerprint density at radius 2 is 1.86 bits per heavy atom. The van der Waals surface area contributed by atoms with E-state index in [0.717, 1.165) is 5.56 Å². The van der Waals surface area contributed by atoms with E-state index in [1.54, 1.807) is 36.4 Å². The SMILES string of the molecule is COC(=O)c1ccc(CNS(=O)(=O)c2cccc(Br)c2)cc1. The van der Waals surface area contributed by atoms with E-state index in [2.05, 4.69) is 25.4 Å². The smallest absolute Gasteiger partial charge is 0.337 e. The van der Waals surface area contributed by atoms with E-state index >= 15 is 0 Å². The van der Waals surface area contributed by atoms with Gasteiger partial charge in [-0.25, -0.2) is 17.9 Å². The predicted molar refractivity (Wildman–Crippen MR) is 85.9 cm³/mol. The minimum absolute atomic E-state index is 0.135. The number of ether oxygens (including phenoxy) is 1. The summed E-state index contributed by atoms with van der Waals surface area (Å²) in [6.07, 6.45) is 0. The lowest BCUT2D eigenvalue weighted by Gasteiger charge is -2.08. The van der Waals surface area contributed by atoms with Crippen LogP contribution in [0.15, 0.2) is 57.9 Å². The van der Waals surface area contributed by atoms with Gasteiger partial charge < -0.3 is 4.74 Å². The molecule has 0 aliphatic carbocycles. The Hall–Kier alpha value is -1.70. The van der Waals surface area contributed by atoms with Gasteiger partial charge in [-0.1, -0.05) is 34.1 Å². The molecule has 7 heteroatoms. The molecule has 0 aromatic heterocycles. The monoisotopic (exact) mass is 383 g/mol. The first kappa shape index (κ1) is 16.7. The molecule has 0 saturated carbocycles. The van der Waals surface area contributed by atoms with Gasteiger partial charge in [-0.3, -0.25) is 0 Å². The molecule has 0 radical (unpaired) electrons. The van der Waals surface area contributed by atoms with Crippen LogP contribution < -0.4 is 4.72 Å². The van der Waals surface area contributed by atoms with Gasteiger partial charge >= 0.3 is 5.97 Å². The highest BCUT2D eigenvalue weighted by molar-refractivity contribution is 9.10. The number of sulfonamides is 1. The highest BCUT2D eigenvalue weighted by atomic mass is 79.9. The van der Waals surface area contributed by atoms with Crippen LogP contribution in [-0.4, -0.2) is 21.5 Å². The van der Waals surface area contributed by atoms with Crippen LogP contribution in [0.5, 0.6) is 0 Å². The first-order valence-corrected chi connectivity index (χ1v) is 8.62. The van der Waals surface area contributed by atoms with Crippen molar-refractivity contribution in [2.45, 2.75) is 11.4 Å². The van der Waals surface area contributed by atoms with Crippen molar-refractivity contribution in [3.05, 3.63) is 64.1 Å². The van der Waals surface area contributed by atoms with Gasteiger partial charge in [0.15, 0.2) is 0 Å². The Kier molecular flexibility index (Phi) is 5.33. The molecule has 0 spiro atoms. The van der Waals surface area contributed by atoms with Gasteiger partial charge in [0.2, 0.25) is 10.0 Å². The van der Waals surface area contributed by atoms with Crippen molar-refractivity contribution in [2.24, 2.45) is 0 Å². The molecule has 0 aliphatic rings. The average molecular weight is 384 g/mol. The topological polar surface area (TPSA) is 72.5 Å². The zero-order valence-electron chi connectivity index (χ0n) is 11.7. The number of methoxy groups -OCH3 is 1.